The first kappa shape index (κ1) is 19.0. The second-order valence-electron chi connectivity index (χ2n) is 6.84. The number of carbonyl (C=O) groups is 2. The number of hydrogen-bond acceptors (Lipinski definition) is 3. The molecule has 0 bridgehead atoms. The number of rotatable bonds is 5. The van der Waals surface area contributed by atoms with E-state index in [0.29, 0.717) is 44.8 Å². The van der Waals surface area contributed by atoms with Gasteiger partial charge in [0, 0.05) is 44.1 Å². The average Bonchev–Trinajstić information content (AvgIpc) is 3.04. The Hall–Kier alpha value is -2.76. The molecule has 27 heavy (non-hydrogen) atoms. The van der Waals surface area contributed by atoms with E-state index in [1.165, 1.54) is 0 Å². The van der Waals surface area contributed by atoms with Gasteiger partial charge in [-0.2, -0.15) is 0 Å². The Morgan fingerprint density at radius 1 is 1.11 bits per heavy atom. The molecule has 1 aliphatic heterocycles. The minimum atomic E-state index is 0.0149. The number of benzene rings is 1. The zero-order valence-electron chi connectivity index (χ0n) is 16.0. The van der Waals surface area contributed by atoms with E-state index in [1.54, 1.807) is 0 Å². The van der Waals surface area contributed by atoms with Gasteiger partial charge in [0.1, 0.15) is 5.75 Å². The lowest BCUT2D eigenvalue weighted by Gasteiger charge is -2.22. The van der Waals surface area contributed by atoms with Crippen LogP contribution in [0.4, 0.5) is 0 Å². The second kappa shape index (κ2) is 8.75. The molecule has 1 saturated heterocycles. The number of carbonyl (C=O) groups excluding carboxylic acids is 2. The number of amides is 2. The molecule has 1 fully saturated rings. The molecule has 2 amide bonds. The summed E-state index contributed by atoms with van der Waals surface area (Å²) in [5, 5.41) is 0. The van der Waals surface area contributed by atoms with Crippen LogP contribution in [-0.4, -0.2) is 59.4 Å². The summed E-state index contributed by atoms with van der Waals surface area (Å²) in [6.07, 6.45) is 4.86. The summed E-state index contributed by atoms with van der Waals surface area (Å²) < 4.78 is 5.55. The highest BCUT2D eigenvalue weighted by Crippen LogP contribution is 2.20. The Morgan fingerprint density at radius 3 is 2.59 bits per heavy atom. The molecule has 0 spiro atoms. The van der Waals surface area contributed by atoms with E-state index in [-0.39, 0.29) is 11.8 Å². The van der Waals surface area contributed by atoms with Crippen molar-refractivity contribution >= 4 is 11.8 Å². The van der Waals surface area contributed by atoms with Crippen molar-refractivity contribution in [3.8, 4) is 5.75 Å². The van der Waals surface area contributed by atoms with Crippen molar-refractivity contribution < 1.29 is 14.3 Å². The van der Waals surface area contributed by atoms with Crippen LogP contribution >= 0.6 is 0 Å². The molecule has 1 N–H and O–H groups in total. The summed E-state index contributed by atoms with van der Waals surface area (Å²) in [4.78, 5) is 32.1. The molecule has 0 atom stereocenters. The van der Waals surface area contributed by atoms with Gasteiger partial charge in [-0.15, -0.1) is 0 Å². The number of hydrogen-bond donors (Lipinski definition) is 1. The predicted octanol–water partition coefficient (Wildman–Crippen LogP) is 2.64. The molecule has 1 aromatic carbocycles. The number of aromatic amines is 1. The predicted molar refractivity (Wildman–Crippen MR) is 104 cm³/mol. The number of nitrogens with zero attached hydrogens (tertiary/aromatic N) is 2. The van der Waals surface area contributed by atoms with Crippen molar-refractivity contribution in [2.45, 2.75) is 26.7 Å². The Bertz CT molecular complexity index is 786. The van der Waals surface area contributed by atoms with E-state index < -0.39 is 0 Å². The van der Waals surface area contributed by atoms with Gasteiger partial charge in [0.2, 0.25) is 5.91 Å². The Balaban J connectivity index is 1.61. The van der Waals surface area contributed by atoms with Crippen LogP contribution in [0.2, 0.25) is 0 Å². The van der Waals surface area contributed by atoms with Crippen molar-refractivity contribution in [1.29, 1.82) is 0 Å². The molecule has 2 aromatic rings. The van der Waals surface area contributed by atoms with Crippen LogP contribution in [0.25, 0.3) is 0 Å². The third-order valence-electron chi connectivity index (χ3n) is 4.88. The maximum Gasteiger partial charge on any atom is 0.253 e. The Kier molecular flexibility index (Phi) is 6.16. The number of aryl methyl sites for hydroxylation is 1. The average molecular weight is 369 g/mol. The standard InChI is InChI=1S/C21H27N3O3/c1-3-27-19-6-5-18(13-16(19)2)21(26)24-10-4-9-23(11-12-24)20(25)14-17-7-8-22-15-17/h5-8,13,15,22H,3-4,9-12,14H2,1-2H3. The number of H-pyrrole nitrogens is 1. The molecule has 0 radical (unpaired) electrons. The second-order valence-corrected chi connectivity index (χ2v) is 6.84. The third-order valence-corrected chi connectivity index (χ3v) is 4.88. The van der Waals surface area contributed by atoms with Gasteiger partial charge in [0.05, 0.1) is 13.0 Å². The molecular formula is C21H27N3O3. The van der Waals surface area contributed by atoms with E-state index in [1.807, 2.05) is 60.3 Å². The molecule has 6 heteroatoms. The van der Waals surface area contributed by atoms with Crippen molar-refractivity contribution in [2.24, 2.45) is 0 Å². The van der Waals surface area contributed by atoms with Gasteiger partial charge < -0.3 is 19.5 Å². The highest BCUT2D eigenvalue weighted by molar-refractivity contribution is 5.94. The van der Waals surface area contributed by atoms with Gasteiger partial charge in [-0.05, 0) is 55.7 Å². The van der Waals surface area contributed by atoms with E-state index in [9.17, 15) is 9.59 Å². The minimum absolute atomic E-state index is 0.0149. The SMILES string of the molecule is CCOc1ccc(C(=O)N2CCCN(C(=O)Cc3cc[nH]c3)CC2)cc1C. The molecule has 2 heterocycles. The quantitative estimate of drug-likeness (QED) is 0.881. The first-order valence-electron chi connectivity index (χ1n) is 9.50. The fourth-order valence-corrected chi connectivity index (χ4v) is 3.41. The summed E-state index contributed by atoms with van der Waals surface area (Å²) in [5.74, 6) is 0.938. The lowest BCUT2D eigenvalue weighted by molar-refractivity contribution is -0.130. The molecule has 144 valence electrons. The number of ether oxygens (including phenoxy) is 1. The van der Waals surface area contributed by atoms with E-state index in [2.05, 4.69) is 4.98 Å². The van der Waals surface area contributed by atoms with E-state index >= 15 is 0 Å². The molecule has 3 rings (SSSR count). The zero-order chi connectivity index (χ0) is 19.2. The van der Waals surface area contributed by atoms with Crippen LogP contribution in [-0.2, 0) is 11.2 Å². The summed E-state index contributed by atoms with van der Waals surface area (Å²) in [5.41, 5.74) is 2.62. The van der Waals surface area contributed by atoms with E-state index in [0.717, 1.165) is 23.3 Å². The smallest absolute Gasteiger partial charge is 0.253 e. The van der Waals surface area contributed by atoms with Crippen LogP contribution < -0.4 is 4.74 Å². The summed E-state index contributed by atoms with van der Waals surface area (Å²) in [6, 6.07) is 7.48. The molecule has 0 saturated carbocycles. The molecule has 0 aliphatic carbocycles. The minimum Gasteiger partial charge on any atom is -0.494 e. The fraction of sp³-hybridized carbons (Fsp3) is 0.429. The van der Waals surface area contributed by atoms with Gasteiger partial charge in [0.25, 0.3) is 5.91 Å². The summed E-state index contributed by atoms with van der Waals surface area (Å²) in [7, 11) is 0. The summed E-state index contributed by atoms with van der Waals surface area (Å²) in [6.45, 7) is 6.99. The fourth-order valence-electron chi connectivity index (χ4n) is 3.41. The van der Waals surface area contributed by atoms with Gasteiger partial charge in [-0.3, -0.25) is 9.59 Å². The number of aromatic nitrogens is 1. The lowest BCUT2D eigenvalue weighted by atomic mass is 10.1. The van der Waals surface area contributed by atoms with Crippen molar-refractivity contribution in [2.75, 3.05) is 32.8 Å². The molecule has 0 unspecified atom stereocenters. The van der Waals surface area contributed by atoms with Crippen LogP contribution in [0.5, 0.6) is 5.75 Å². The van der Waals surface area contributed by atoms with Crippen LogP contribution in [0, 0.1) is 6.92 Å². The first-order chi connectivity index (χ1) is 13.1. The van der Waals surface area contributed by atoms with Crippen molar-refractivity contribution in [1.82, 2.24) is 14.8 Å². The van der Waals surface area contributed by atoms with Gasteiger partial charge >= 0.3 is 0 Å². The van der Waals surface area contributed by atoms with Crippen LogP contribution in [0.3, 0.4) is 0 Å². The zero-order valence-corrected chi connectivity index (χ0v) is 16.0. The molecule has 1 aliphatic rings. The molecule has 1 aromatic heterocycles. The topological polar surface area (TPSA) is 65.6 Å². The summed E-state index contributed by atoms with van der Waals surface area (Å²) >= 11 is 0. The van der Waals surface area contributed by atoms with Crippen molar-refractivity contribution in [3.63, 3.8) is 0 Å². The van der Waals surface area contributed by atoms with Gasteiger partial charge in [-0.25, -0.2) is 0 Å². The van der Waals surface area contributed by atoms with Crippen molar-refractivity contribution in [3.05, 3.63) is 53.3 Å². The van der Waals surface area contributed by atoms with Gasteiger partial charge in [-0.1, -0.05) is 0 Å². The van der Waals surface area contributed by atoms with Crippen LogP contribution in [0.15, 0.2) is 36.7 Å². The lowest BCUT2D eigenvalue weighted by Crippen LogP contribution is -2.38. The largest absolute Gasteiger partial charge is 0.494 e. The highest BCUT2D eigenvalue weighted by Gasteiger charge is 2.23. The molecule has 6 nitrogen and oxygen atoms in total. The monoisotopic (exact) mass is 369 g/mol. The maximum absolute atomic E-state index is 12.9. The Labute approximate surface area is 160 Å². The third kappa shape index (κ3) is 4.70. The Morgan fingerprint density at radius 2 is 1.89 bits per heavy atom. The molecular weight excluding hydrogens is 342 g/mol. The van der Waals surface area contributed by atoms with Crippen LogP contribution in [0.1, 0.15) is 34.8 Å². The maximum atomic E-state index is 12.9. The first-order valence-corrected chi connectivity index (χ1v) is 9.50. The van der Waals surface area contributed by atoms with E-state index in [4.69, 9.17) is 4.74 Å². The van der Waals surface area contributed by atoms with Gasteiger partial charge in [0.15, 0.2) is 0 Å². The number of nitrogens with one attached hydrogen (secondary N) is 1. The normalized spacial score (nSPS) is 14.7. The highest BCUT2D eigenvalue weighted by atomic mass is 16.5.